The van der Waals surface area contributed by atoms with E-state index in [-0.39, 0.29) is 18.4 Å². The first-order valence-corrected chi connectivity index (χ1v) is 2.82. The van der Waals surface area contributed by atoms with Gasteiger partial charge in [0, 0.05) is 25.0 Å². The van der Waals surface area contributed by atoms with Gasteiger partial charge in [0.2, 0.25) is 0 Å². The molecule has 4 N–H and O–H groups in total. The molecule has 0 radical (unpaired) electrons. The Morgan fingerprint density at radius 1 is 1.60 bits per heavy atom. The van der Waals surface area contributed by atoms with Crippen LogP contribution in [0.4, 0.5) is 0 Å². The lowest BCUT2D eigenvalue weighted by molar-refractivity contribution is 0.849. The smallest absolute Gasteiger partial charge is 0.0414 e. The van der Waals surface area contributed by atoms with E-state index in [1.54, 1.807) is 19.3 Å². The van der Waals surface area contributed by atoms with E-state index in [4.69, 9.17) is 11.5 Å². The summed E-state index contributed by atoms with van der Waals surface area (Å²) in [6.45, 7) is 1.83. The molecule has 0 unspecified atom stereocenters. The van der Waals surface area contributed by atoms with Crippen LogP contribution in [0.25, 0.3) is 0 Å². The highest BCUT2D eigenvalue weighted by molar-refractivity contribution is 5.85. The number of hydrogen-bond donors (Lipinski definition) is 2. The second-order valence-electron chi connectivity index (χ2n) is 1.86. The van der Waals surface area contributed by atoms with Gasteiger partial charge in [-0.25, -0.2) is 0 Å². The van der Waals surface area contributed by atoms with Crippen molar-refractivity contribution in [2.45, 2.75) is 13.0 Å². The third-order valence-electron chi connectivity index (χ3n) is 0.942. The zero-order chi connectivity index (χ0) is 7.28. The molecule has 0 heterocycles. The highest BCUT2D eigenvalue weighted by Gasteiger charge is 1.92. The molecule has 0 spiro atoms. The molecule has 0 saturated heterocycles. The second kappa shape index (κ2) is 6.58. The SMILES string of the molecule is CN=CC=C(N)[C@@H](C)N.Cl. The van der Waals surface area contributed by atoms with Crippen LogP contribution >= 0.6 is 12.4 Å². The van der Waals surface area contributed by atoms with Crippen molar-refractivity contribution >= 4 is 18.6 Å². The normalized spacial score (nSPS) is 14.9. The van der Waals surface area contributed by atoms with Crippen LogP contribution in [0, 0.1) is 0 Å². The van der Waals surface area contributed by atoms with Crippen molar-refractivity contribution in [3.8, 4) is 0 Å². The van der Waals surface area contributed by atoms with E-state index >= 15 is 0 Å². The van der Waals surface area contributed by atoms with Gasteiger partial charge in [-0.05, 0) is 13.0 Å². The first kappa shape index (κ1) is 12.2. The summed E-state index contributed by atoms with van der Waals surface area (Å²) >= 11 is 0. The Bertz CT molecular complexity index is 129. The molecule has 0 saturated carbocycles. The molecule has 0 rings (SSSR count). The van der Waals surface area contributed by atoms with Gasteiger partial charge in [-0.2, -0.15) is 0 Å². The Hall–Kier alpha value is -0.540. The topological polar surface area (TPSA) is 64.4 Å². The Morgan fingerprint density at radius 2 is 2.10 bits per heavy atom. The minimum absolute atomic E-state index is 0. The summed E-state index contributed by atoms with van der Waals surface area (Å²) in [7, 11) is 1.69. The summed E-state index contributed by atoms with van der Waals surface area (Å²) in [5.41, 5.74) is 11.5. The highest BCUT2D eigenvalue weighted by Crippen LogP contribution is 1.85. The van der Waals surface area contributed by atoms with E-state index in [1.165, 1.54) is 0 Å². The van der Waals surface area contributed by atoms with Crippen molar-refractivity contribution in [2.24, 2.45) is 16.5 Å². The second-order valence-corrected chi connectivity index (χ2v) is 1.86. The van der Waals surface area contributed by atoms with Crippen LogP contribution in [-0.4, -0.2) is 19.3 Å². The van der Waals surface area contributed by atoms with E-state index in [1.807, 2.05) is 6.92 Å². The van der Waals surface area contributed by atoms with Gasteiger partial charge in [-0.1, -0.05) is 0 Å². The van der Waals surface area contributed by atoms with Gasteiger partial charge in [0.1, 0.15) is 0 Å². The van der Waals surface area contributed by atoms with E-state index < -0.39 is 0 Å². The maximum atomic E-state index is 5.45. The molecule has 0 aliphatic heterocycles. The number of rotatable bonds is 2. The van der Waals surface area contributed by atoms with E-state index in [9.17, 15) is 0 Å². The van der Waals surface area contributed by atoms with Gasteiger partial charge in [-0.3, -0.25) is 4.99 Å². The molecule has 0 aromatic rings. The minimum atomic E-state index is -0.0806. The molecule has 0 fully saturated rings. The number of aliphatic imine (C=N–C) groups is 1. The molecule has 0 amide bonds. The van der Waals surface area contributed by atoms with Crippen molar-refractivity contribution in [1.29, 1.82) is 0 Å². The molecule has 0 aliphatic carbocycles. The molecule has 1 atom stereocenters. The molecular weight excluding hydrogens is 150 g/mol. The average Bonchev–Trinajstić information content (AvgIpc) is 1.82. The predicted molar refractivity (Wildman–Crippen MR) is 47.6 cm³/mol. The van der Waals surface area contributed by atoms with Crippen molar-refractivity contribution < 1.29 is 0 Å². The molecular formula is C6H14ClN3. The van der Waals surface area contributed by atoms with Gasteiger partial charge >= 0.3 is 0 Å². The zero-order valence-electron chi connectivity index (χ0n) is 6.24. The van der Waals surface area contributed by atoms with Crippen molar-refractivity contribution in [3.05, 3.63) is 11.8 Å². The van der Waals surface area contributed by atoms with E-state index in [2.05, 4.69) is 4.99 Å². The van der Waals surface area contributed by atoms with Crippen LogP contribution in [0.1, 0.15) is 6.92 Å². The lowest BCUT2D eigenvalue weighted by Crippen LogP contribution is -2.23. The van der Waals surface area contributed by atoms with Crippen molar-refractivity contribution in [2.75, 3.05) is 7.05 Å². The van der Waals surface area contributed by atoms with E-state index in [0.29, 0.717) is 5.70 Å². The fraction of sp³-hybridized carbons (Fsp3) is 0.500. The molecule has 3 nitrogen and oxygen atoms in total. The van der Waals surface area contributed by atoms with Crippen LogP contribution in [-0.2, 0) is 0 Å². The van der Waals surface area contributed by atoms with Gasteiger partial charge in [0.15, 0.2) is 0 Å². The van der Waals surface area contributed by atoms with Gasteiger partial charge in [0.25, 0.3) is 0 Å². The Kier molecular flexibility index (Phi) is 8.00. The average molecular weight is 164 g/mol. The largest absolute Gasteiger partial charge is 0.401 e. The summed E-state index contributed by atoms with van der Waals surface area (Å²) in [6, 6.07) is -0.0806. The van der Waals surface area contributed by atoms with Crippen molar-refractivity contribution in [1.82, 2.24) is 0 Å². The zero-order valence-corrected chi connectivity index (χ0v) is 7.06. The lowest BCUT2D eigenvalue weighted by atomic mass is 10.2. The molecule has 0 bridgehead atoms. The first-order chi connectivity index (χ1) is 4.18. The first-order valence-electron chi connectivity index (χ1n) is 2.82. The van der Waals surface area contributed by atoms with E-state index in [0.717, 1.165) is 0 Å². The van der Waals surface area contributed by atoms with Crippen molar-refractivity contribution in [3.63, 3.8) is 0 Å². The van der Waals surface area contributed by atoms with Crippen LogP contribution in [0.5, 0.6) is 0 Å². The van der Waals surface area contributed by atoms with Crippen LogP contribution in [0.3, 0.4) is 0 Å². The third-order valence-corrected chi connectivity index (χ3v) is 0.942. The maximum Gasteiger partial charge on any atom is 0.0414 e. The number of nitrogens with two attached hydrogens (primary N) is 2. The quantitative estimate of drug-likeness (QED) is 0.576. The summed E-state index contributed by atoms with van der Waals surface area (Å²) < 4.78 is 0. The highest BCUT2D eigenvalue weighted by atomic mass is 35.5. The summed E-state index contributed by atoms with van der Waals surface area (Å²) in [4.78, 5) is 3.72. The molecule has 10 heavy (non-hydrogen) atoms. The number of nitrogens with zero attached hydrogens (tertiary/aromatic N) is 1. The Balaban J connectivity index is 0. The lowest BCUT2D eigenvalue weighted by Gasteiger charge is -2.01. The number of halogens is 1. The Labute approximate surface area is 67.6 Å². The summed E-state index contributed by atoms with van der Waals surface area (Å²) in [5.74, 6) is 0. The summed E-state index contributed by atoms with van der Waals surface area (Å²) in [5, 5.41) is 0. The fourth-order valence-corrected chi connectivity index (χ4v) is 0.312. The van der Waals surface area contributed by atoms with Crippen LogP contribution in [0.15, 0.2) is 16.8 Å². The number of hydrogen-bond acceptors (Lipinski definition) is 3. The molecule has 0 aromatic carbocycles. The fourth-order valence-electron chi connectivity index (χ4n) is 0.312. The third kappa shape index (κ3) is 5.59. The standard InChI is InChI=1S/C6H13N3.ClH/c1-5(7)6(8)3-4-9-2;/h3-5H,7-8H2,1-2H3;1H/t5-;/m1./s1. The van der Waals surface area contributed by atoms with Crippen LogP contribution in [0.2, 0.25) is 0 Å². The van der Waals surface area contributed by atoms with Gasteiger partial charge < -0.3 is 11.5 Å². The molecule has 4 heteroatoms. The Morgan fingerprint density at radius 3 is 2.40 bits per heavy atom. The van der Waals surface area contributed by atoms with Crippen LogP contribution < -0.4 is 11.5 Å². The molecule has 0 aromatic heterocycles. The summed E-state index contributed by atoms with van der Waals surface area (Å²) in [6.07, 6.45) is 3.32. The maximum absolute atomic E-state index is 5.45. The molecule has 0 aliphatic rings. The van der Waals surface area contributed by atoms with Gasteiger partial charge in [-0.15, -0.1) is 12.4 Å². The number of allylic oxidation sites excluding steroid dienone is 1. The van der Waals surface area contributed by atoms with Gasteiger partial charge in [0.05, 0.1) is 0 Å². The molecule has 60 valence electrons. The minimum Gasteiger partial charge on any atom is -0.401 e. The monoisotopic (exact) mass is 163 g/mol. The predicted octanol–water partition coefficient (Wildman–Crippen LogP) is 0.299.